The molecule has 4 heterocycles. The summed E-state index contributed by atoms with van der Waals surface area (Å²) in [6.45, 7) is 41.4. The van der Waals surface area contributed by atoms with Crippen LogP contribution < -0.4 is 4.74 Å². The Labute approximate surface area is 378 Å². The fraction of sp³-hybridized carbons (Fsp3) is 0.765. The zero-order chi connectivity index (χ0) is 45.8. The molecule has 0 aromatic heterocycles. The first-order valence-corrected chi connectivity index (χ1v) is 29.6. The number of aliphatic hydroxyl groups excluding tert-OH is 1. The zero-order valence-electron chi connectivity index (χ0n) is 41.0. The van der Waals surface area contributed by atoms with E-state index in [1.807, 2.05) is 12.1 Å². The molecule has 11 heteroatoms. The summed E-state index contributed by atoms with van der Waals surface area (Å²) < 4.78 is 54.3. The number of aliphatic hydroxyl groups is 1. The molecule has 1 aromatic rings. The van der Waals surface area contributed by atoms with Gasteiger partial charge in [-0.25, -0.2) is 0 Å². The standard InChI is InChI=1S/C51H86O9Si2/c1-17-38(52)20-23-40-29-34(3)42(56-40)25-24-41-28-33(2)35(4)44(57-41)30-46-48(54-32-37-18-21-39(53-12)22-19-37)36(5)49-47(58-46)31-45(60-62(15,16)51(9,10)11)43(59-49)26-27-55-61(13,14)50(6,7)8/h17-19,21-22,33,36,38,40-49,52H,1,3-4,20,23-32H2,2,5-16H3/t33-,36-,38?,40+,41+,42+,43-,44-,45-,46+,47+,48-,49+/m1/s1. The first-order valence-electron chi connectivity index (χ1n) is 23.8. The van der Waals surface area contributed by atoms with E-state index in [1.54, 1.807) is 13.2 Å². The fourth-order valence-electron chi connectivity index (χ4n) is 9.15. The molecular formula is C51H86O9Si2. The third kappa shape index (κ3) is 13.0. The van der Waals surface area contributed by atoms with Crippen molar-refractivity contribution in [1.82, 2.24) is 0 Å². The van der Waals surface area contributed by atoms with Gasteiger partial charge < -0.3 is 42.4 Å². The summed E-state index contributed by atoms with van der Waals surface area (Å²) in [5.74, 6) is 1.17. The lowest BCUT2D eigenvalue weighted by atomic mass is 9.79. The van der Waals surface area contributed by atoms with Crippen molar-refractivity contribution < 1.29 is 42.4 Å². The summed E-state index contributed by atoms with van der Waals surface area (Å²) >= 11 is 0. The lowest BCUT2D eigenvalue weighted by Gasteiger charge is -2.53. The zero-order valence-corrected chi connectivity index (χ0v) is 43.0. The predicted octanol–water partition coefficient (Wildman–Crippen LogP) is 11.5. The van der Waals surface area contributed by atoms with Crippen molar-refractivity contribution in [2.75, 3.05) is 13.7 Å². The van der Waals surface area contributed by atoms with Gasteiger partial charge in [-0.3, -0.25) is 0 Å². The van der Waals surface area contributed by atoms with Crippen molar-refractivity contribution in [2.45, 2.75) is 223 Å². The van der Waals surface area contributed by atoms with Gasteiger partial charge in [-0.1, -0.05) is 86.8 Å². The van der Waals surface area contributed by atoms with E-state index in [1.165, 1.54) is 0 Å². The summed E-state index contributed by atoms with van der Waals surface area (Å²) in [6.07, 6.45) is 7.22. The molecule has 1 unspecified atom stereocenters. The molecule has 4 aliphatic rings. The van der Waals surface area contributed by atoms with E-state index >= 15 is 0 Å². The topological polar surface area (TPSA) is 94.1 Å². The molecule has 1 N–H and O–H groups in total. The number of hydrogen-bond donors (Lipinski definition) is 1. The number of hydrogen-bond acceptors (Lipinski definition) is 9. The van der Waals surface area contributed by atoms with Crippen LogP contribution in [0.4, 0.5) is 0 Å². The highest BCUT2D eigenvalue weighted by Gasteiger charge is 2.53. The number of rotatable bonds is 19. The highest BCUT2D eigenvalue weighted by atomic mass is 28.4. The van der Waals surface area contributed by atoms with Gasteiger partial charge in [0.1, 0.15) is 5.75 Å². The molecule has 5 rings (SSSR count). The van der Waals surface area contributed by atoms with Crippen molar-refractivity contribution in [3.8, 4) is 5.75 Å². The molecule has 0 spiro atoms. The van der Waals surface area contributed by atoms with E-state index in [2.05, 4.69) is 113 Å². The molecule has 1 aromatic carbocycles. The number of ether oxygens (including phenoxy) is 6. The van der Waals surface area contributed by atoms with Gasteiger partial charge in [-0.05, 0) is 116 Å². The largest absolute Gasteiger partial charge is 0.497 e. The van der Waals surface area contributed by atoms with Gasteiger partial charge in [-0.15, -0.1) is 6.58 Å². The molecule has 352 valence electrons. The van der Waals surface area contributed by atoms with Crippen LogP contribution in [0.15, 0.2) is 61.2 Å². The van der Waals surface area contributed by atoms with Gasteiger partial charge >= 0.3 is 0 Å². The Balaban J connectivity index is 1.34. The number of benzene rings is 1. The Hall–Kier alpha value is -1.65. The average molecular weight is 899 g/mol. The highest BCUT2D eigenvalue weighted by molar-refractivity contribution is 6.74. The van der Waals surface area contributed by atoms with E-state index < -0.39 is 22.7 Å². The molecule has 4 saturated heterocycles. The van der Waals surface area contributed by atoms with E-state index in [0.717, 1.165) is 67.4 Å². The van der Waals surface area contributed by atoms with E-state index in [-0.39, 0.29) is 77.0 Å². The van der Waals surface area contributed by atoms with Gasteiger partial charge in [0, 0.05) is 25.4 Å². The Kier molecular flexibility index (Phi) is 17.7. The van der Waals surface area contributed by atoms with Crippen LogP contribution in [0, 0.1) is 11.8 Å². The molecule has 0 bridgehead atoms. The monoisotopic (exact) mass is 899 g/mol. The molecule has 0 aliphatic carbocycles. The van der Waals surface area contributed by atoms with E-state index in [4.69, 9.17) is 37.3 Å². The van der Waals surface area contributed by atoms with Crippen molar-refractivity contribution >= 4 is 16.6 Å². The maximum atomic E-state index is 10.0. The first-order chi connectivity index (χ1) is 28.9. The van der Waals surface area contributed by atoms with E-state index in [9.17, 15) is 5.11 Å². The second kappa shape index (κ2) is 21.3. The summed E-state index contributed by atoms with van der Waals surface area (Å²) in [4.78, 5) is 0. The van der Waals surface area contributed by atoms with Gasteiger partial charge in [0.25, 0.3) is 0 Å². The summed E-state index contributed by atoms with van der Waals surface area (Å²) in [6, 6.07) is 8.10. The van der Waals surface area contributed by atoms with Crippen molar-refractivity contribution in [2.24, 2.45) is 11.8 Å². The SMILES string of the molecule is C=CC(O)CC[C@H]1CC(=C)[C@H](CC[C@H]2C[C@@H](C)C(=C)[C@@H](C[C@@H]3O[C@H]4C[C@@H](O[Si](C)(C)C(C)(C)C)[C@@H](CCO[Si](C)(C)C(C)(C)C)O[C@H]4[C@H](C)[C@H]3OCc3ccc(OC)cc3)O2)O1. The minimum absolute atomic E-state index is 0.00814. The normalized spacial score (nSPS) is 33.0. The van der Waals surface area contributed by atoms with Crippen molar-refractivity contribution in [3.05, 3.63) is 66.8 Å². The van der Waals surface area contributed by atoms with Crippen molar-refractivity contribution in [1.29, 1.82) is 0 Å². The Morgan fingerprint density at radius 1 is 0.823 bits per heavy atom. The van der Waals surface area contributed by atoms with Crippen LogP contribution in [0.1, 0.15) is 119 Å². The summed E-state index contributed by atoms with van der Waals surface area (Å²) in [5, 5.41) is 10.2. The molecular weight excluding hydrogens is 813 g/mol. The third-order valence-corrected chi connectivity index (χ3v) is 24.5. The molecule has 4 fully saturated rings. The lowest BCUT2D eigenvalue weighted by Crippen LogP contribution is -2.62. The van der Waals surface area contributed by atoms with Crippen LogP contribution in [0.25, 0.3) is 0 Å². The summed E-state index contributed by atoms with van der Waals surface area (Å²) in [7, 11) is -2.42. The molecule has 0 saturated carbocycles. The van der Waals surface area contributed by atoms with Gasteiger partial charge in [0.2, 0.25) is 0 Å². The van der Waals surface area contributed by atoms with Gasteiger partial charge in [0.15, 0.2) is 16.6 Å². The van der Waals surface area contributed by atoms with Crippen LogP contribution in [-0.2, 0) is 39.1 Å². The van der Waals surface area contributed by atoms with Crippen molar-refractivity contribution in [3.63, 3.8) is 0 Å². The quantitative estimate of drug-likeness (QED) is 0.108. The number of methoxy groups -OCH3 is 1. The predicted molar refractivity (Wildman–Crippen MR) is 256 cm³/mol. The minimum atomic E-state index is -2.16. The first kappa shape index (κ1) is 51.3. The molecule has 4 aliphatic heterocycles. The highest BCUT2D eigenvalue weighted by Crippen LogP contribution is 2.45. The maximum absolute atomic E-state index is 10.0. The smallest absolute Gasteiger partial charge is 0.192 e. The van der Waals surface area contributed by atoms with Crippen LogP contribution >= 0.6 is 0 Å². The Morgan fingerprint density at radius 3 is 2.11 bits per heavy atom. The maximum Gasteiger partial charge on any atom is 0.192 e. The minimum Gasteiger partial charge on any atom is -0.497 e. The second-order valence-corrected chi connectivity index (χ2v) is 31.7. The molecule has 62 heavy (non-hydrogen) atoms. The van der Waals surface area contributed by atoms with E-state index in [0.29, 0.717) is 32.0 Å². The van der Waals surface area contributed by atoms with Gasteiger partial charge in [0.05, 0.1) is 80.9 Å². The van der Waals surface area contributed by atoms with Crippen LogP contribution in [0.2, 0.25) is 36.3 Å². The lowest BCUT2D eigenvalue weighted by molar-refractivity contribution is -0.276. The third-order valence-electron chi connectivity index (χ3n) is 15.4. The Bertz CT molecular complexity index is 1620. The fourth-order valence-corrected chi connectivity index (χ4v) is 11.6. The van der Waals surface area contributed by atoms with Crippen LogP contribution in [-0.4, -0.2) is 103 Å². The van der Waals surface area contributed by atoms with Crippen LogP contribution in [0.5, 0.6) is 5.75 Å². The molecule has 0 amide bonds. The van der Waals surface area contributed by atoms with Gasteiger partial charge in [-0.2, -0.15) is 0 Å². The summed E-state index contributed by atoms with van der Waals surface area (Å²) in [5.41, 5.74) is 3.34. The van der Waals surface area contributed by atoms with Crippen LogP contribution in [0.3, 0.4) is 0 Å². The molecule has 0 radical (unpaired) electrons. The average Bonchev–Trinajstić information content (AvgIpc) is 3.55. The Morgan fingerprint density at radius 2 is 1.48 bits per heavy atom. The molecule has 9 nitrogen and oxygen atoms in total. The second-order valence-electron chi connectivity index (χ2n) is 22.1. The molecule has 13 atom stereocenters. The number of fused-ring (bicyclic) bond motifs is 1.